The summed E-state index contributed by atoms with van der Waals surface area (Å²) in [5, 5.41) is 11.5. The molecule has 1 N–H and O–H groups in total. The Balaban J connectivity index is 1.58. The topological polar surface area (TPSA) is 55.1 Å². The van der Waals surface area contributed by atoms with Crippen LogP contribution in [0.25, 0.3) is 22.7 Å². The molecule has 1 heterocycles. The van der Waals surface area contributed by atoms with Gasteiger partial charge in [0, 0.05) is 0 Å². The van der Waals surface area contributed by atoms with Crippen molar-refractivity contribution < 1.29 is 18.3 Å². The van der Waals surface area contributed by atoms with Gasteiger partial charge in [-0.25, -0.2) is 0 Å². The van der Waals surface area contributed by atoms with Gasteiger partial charge in [-0.1, -0.05) is 0 Å². The van der Waals surface area contributed by atoms with Crippen LogP contribution in [0, 0.1) is 0 Å². The van der Waals surface area contributed by atoms with E-state index in [4.69, 9.17) is 0 Å². The van der Waals surface area contributed by atoms with Gasteiger partial charge in [0.25, 0.3) is 0 Å². The molecule has 0 bridgehead atoms. The van der Waals surface area contributed by atoms with Crippen LogP contribution in [-0.2, 0) is 6.18 Å². The molecule has 0 amide bonds. The van der Waals surface area contributed by atoms with Crippen LogP contribution in [0.15, 0.2) is 114 Å². The Bertz CT molecular complexity index is 1660. The summed E-state index contributed by atoms with van der Waals surface area (Å²) in [5.41, 5.74) is -0.376. The zero-order chi connectivity index (χ0) is 26.7. The summed E-state index contributed by atoms with van der Waals surface area (Å²) >= 11 is -1.71. The molecular formula is C30H22F3N2O2Se. The van der Waals surface area contributed by atoms with Crippen LogP contribution in [-0.4, -0.2) is 28.6 Å². The van der Waals surface area contributed by atoms with Gasteiger partial charge >= 0.3 is 222 Å². The molecular weight excluding hydrogens is 556 g/mol. The fraction of sp³-hybridized carbons (Fsp3) is 0.0667. The number of para-hydroxylation sites is 2. The number of phenols is 1. The van der Waals surface area contributed by atoms with Crippen molar-refractivity contribution in [3.8, 4) is 11.4 Å². The number of phenolic OH excluding ortho intramolecular Hbond substituents is 1. The summed E-state index contributed by atoms with van der Waals surface area (Å²) in [6.07, 6.45) is -0.834. The van der Waals surface area contributed by atoms with E-state index in [1.54, 1.807) is 42.5 Å². The van der Waals surface area contributed by atoms with Gasteiger partial charge in [0.1, 0.15) is 0 Å². The summed E-state index contributed by atoms with van der Waals surface area (Å²) in [5.74, 6) is 0.546. The summed E-state index contributed by atoms with van der Waals surface area (Å²) in [7, 11) is 0. The first-order chi connectivity index (χ1) is 18.3. The molecule has 4 aromatic carbocycles. The van der Waals surface area contributed by atoms with E-state index in [1.807, 2.05) is 48.5 Å². The van der Waals surface area contributed by atoms with Gasteiger partial charge in [-0.15, -0.1) is 0 Å². The number of fused-ring (bicyclic) bond motifs is 1. The number of benzene rings is 4. The van der Waals surface area contributed by atoms with Crippen molar-refractivity contribution >= 4 is 39.8 Å². The fourth-order valence-electron chi connectivity index (χ4n) is 4.12. The zero-order valence-corrected chi connectivity index (χ0v) is 21.7. The number of hydrogen-bond acceptors (Lipinski definition) is 3. The van der Waals surface area contributed by atoms with Crippen molar-refractivity contribution in [1.29, 1.82) is 0 Å². The second kappa shape index (κ2) is 10.7. The molecule has 38 heavy (non-hydrogen) atoms. The van der Waals surface area contributed by atoms with Crippen molar-refractivity contribution in [3.63, 3.8) is 0 Å². The molecule has 191 valence electrons. The predicted octanol–water partition coefficient (Wildman–Crippen LogP) is 5.43. The van der Waals surface area contributed by atoms with E-state index >= 15 is 0 Å². The van der Waals surface area contributed by atoms with E-state index in [0.717, 1.165) is 21.1 Å². The molecule has 5 rings (SSSR count). The Morgan fingerprint density at radius 3 is 2.21 bits per heavy atom. The number of aromatic nitrogens is 2. The quantitative estimate of drug-likeness (QED) is 0.274. The molecule has 0 aliphatic heterocycles. The van der Waals surface area contributed by atoms with Crippen LogP contribution in [0.2, 0.25) is 5.32 Å². The summed E-state index contributed by atoms with van der Waals surface area (Å²) in [4.78, 5) is 18.1. The molecule has 4 nitrogen and oxygen atoms in total. The number of aromatic hydroxyl groups is 1. The van der Waals surface area contributed by atoms with E-state index in [9.17, 15) is 23.1 Å². The third-order valence-corrected chi connectivity index (χ3v) is 10.6. The van der Waals surface area contributed by atoms with Crippen LogP contribution in [0.1, 0.15) is 11.4 Å². The molecule has 5 aromatic rings. The molecule has 0 saturated carbocycles. The average Bonchev–Trinajstić information content (AvgIpc) is 2.92. The molecule has 0 spiro atoms. The Morgan fingerprint density at radius 2 is 1.50 bits per heavy atom. The van der Waals surface area contributed by atoms with E-state index in [0.29, 0.717) is 22.0 Å². The first kappa shape index (κ1) is 25.5. The molecule has 0 aliphatic rings. The van der Waals surface area contributed by atoms with Crippen LogP contribution >= 0.6 is 0 Å². The van der Waals surface area contributed by atoms with Crippen molar-refractivity contribution in [2.75, 3.05) is 0 Å². The first-order valence-electron chi connectivity index (χ1n) is 11.7. The second-order valence-electron chi connectivity index (χ2n) is 8.41. The van der Waals surface area contributed by atoms with Gasteiger partial charge in [0.2, 0.25) is 0 Å². The number of hydrogen-bond donors (Lipinski definition) is 1. The van der Waals surface area contributed by atoms with Gasteiger partial charge in [-0.05, 0) is 0 Å². The number of rotatable bonds is 6. The minimum atomic E-state index is -4.48. The van der Waals surface area contributed by atoms with E-state index in [-0.39, 0.29) is 17.0 Å². The average molecular weight is 578 g/mol. The van der Waals surface area contributed by atoms with E-state index in [2.05, 4.69) is 4.98 Å². The predicted molar refractivity (Wildman–Crippen MR) is 146 cm³/mol. The number of alkyl halides is 3. The molecule has 0 atom stereocenters. The molecule has 0 fully saturated rings. The summed E-state index contributed by atoms with van der Waals surface area (Å²) in [6.45, 7) is 0. The van der Waals surface area contributed by atoms with Gasteiger partial charge in [-0.2, -0.15) is 0 Å². The maximum absolute atomic E-state index is 13.5. The van der Waals surface area contributed by atoms with Crippen molar-refractivity contribution in [1.82, 2.24) is 9.55 Å². The number of allylic oxidation sites excluding steroid dienone is 1. The van der Waals surface area contributed by atoms with Crippen molar-refractivity contribution in [3.05, 3.63) is 131 Å². The van der Waals surface area contributed by atoms with Gasteiger partial charge in [0.05, 0.1) is 0 Å². The standard InChI is InChI=1S/C30H22F3N2O2Se/c31-30(32,33)21-16-18-22(19-17-21)35-28(34-25-12-5-4-11-24(25)29(35)37)15-8-20-38(23-9-2-1-3-10-23)27-14-7-6-13-26(27)36/h1-19,36H,20H2/b15-8+. The third-order valence-electron chi connectivity index (χ3n) is 5.94. The van der Waals surface area contributed by atoms with Crippen LogP contribution < -0.4 is 14.5 Å². The van der Waals surface area contributed by atoms with Crippen LogP contribution in [0.3, 0.4) is 0 Å². The van der Waals surface area contributed by atoms with Gasteiger partial charge in [-0.3, -0.25) is 0 Å². The Kier molecular flexibility index (Phi) is 7.18. The molecule has 1 radical (unpaired) electrons. The summed E-state index contributed by atoms with van der Waals surface area (Å²) < 4.78 is 42.7. The molecule has 8 heteroatoms. The third kappa shape index (κ3) is 5.28. The number of nitrogens with zero attached hydrogens (tertiary/aromatic N) is 2. The van der Waals surface area contributed by atoms with Crippen LogP contribution in [0.5, 0.6) is 5.75 Å². The SMILES string of the molecule is O=c1c2ccccc2nc(/C=C/C[Se](c2ccccc2)c2ccccc2O)n1-c1ccc(C(F)(F)F)cc1. The number of halogens is 3. The van der Waals surface area contributed by atoms with Gasteiger partial charge in [0.15, 0.2) is 0 Å². The zero-order valence-electron chi connectivity index (χ0n) is 20.0. The van der Waals surface area contributed by atoms with Gasteiger partial charge < -0.3 is 0 Å². The summed E-state index contributed by atoms with van der Waals surface area (Å²) in [6, 6.07) is 28.6. The maximum atomic E-state index is 13.5. The monoisotopic (exact) mass is 579 g/mol. The molecule has 0 saturated heterocycles. The van der Waals surface area contributed by atoms with Crippen LogP contribution in [0.4, 0.5) is 13.2 Å². The Labute approximate surface area is 221 Å². The normalized spacial score (nSPS) is 12.0. The molecule has 0 unspecified atom stereocenters. The first-order valence-corrected chi connectivity index (χ1v) is 14.7. The van der Waals surface area contributed by atoms with Crippen molar-refractivity contribution in [2.45, 2.75) is 11.5 Å². The Morgan fingerprint density at radius 1 is 0.842 bits per heavy atom. The molecule has 1 aromatic heterocycles. The van der Waals surface area contributed by atoms with Crippen molar-refractivity contribution in [2.24, 2.45) is 0 Å². The second-order valence-corrected chi connectivity index (χ2v) is 12.7. The Hall–Kier alpha value is -4.13. The minimum absolute atomic E-state index is 0.236. The molecule has 0 aliphatic carbocycles. The van der Waals surface area contributed by atoms with E-state index < -0.39 is 25.6 Å². The van der Waals surface area contributed by atoms with E-state index in [1.165, 1.54) is 16.7 Å². The fourth-order valence-corrected chi connectivity index (χ4v) is 8.24.